The fraction of sp³-hybridized carbons (Fsp3) is 0.400. The molecule has 0 aliphatic heterocycles. The zero-order valence-electron chi connectivity index (χ0n) is 9.90. The molecule has 0 aromatic heterocycles. The van der Waals surface area contributed by atoms with Gasteiger partial charge in [0.25, 0.3) is 0 Å². The average molecular weight is 277 g/mol. The quantitative estimate of drug-likeness (QED) is 0.379. The molecule has 0 fully saturated rings. The van der Waals surface area contributed by atoms with Crippen molar-refractivity contribution in [2.24, 2.45) is 5.73 Å². The summed E-state index contributed by atoms with van der Waals surface area (Å²) < 4.78 is 0. The molecule has 0 spiro atoms. The largest absolute Gasteiger partial charge is 0.481 e. The maximum atomic E-state index is 9.99. The second kappa shape index (κ2) is 9.59. The Kier molecular flexibility index (Phi) is 9.56. The van der Waals surface area contributed by atoms with E-state index in [1.54, 1.807) is 0 Å². The summed E-state index contributed by atoms with van der Waals surface area (Å²) in [6.45, 7) is 3.01. The van der Waals surface area contributed by atoms with Gasteiger partial charge in [-0.05, 0) is 6.42 Å². The second-order valence-electron chi connectivity index (χ2n) is 3.36. The van der Waals surface area contributed by atoms with Gasteiger partial charge in [-0.25, -0.2) is 4.79 Å². The Morgan fingerprint density at radius 3 is 1.68 bits per heavy atom. The molecule has 0 aromatic carbocycles. The monoisotopic (exact) mass is 277 g/mol. The van der Waals surface area contributed by atoms with Crippen LogP contribution in [0.3, 0.4) is 0 Å². The van der Waals surface area contributed by atoms with E-state index in [9.17, 15) is 19.2 Å². The van der Waals surface area contributed by atoms with E-state index in [0.29, 0.717) is 0 Å². The molecule has 1 unspecified atom stereocenters. The van der Waals surface area contributed by atoms with Crippen molar-refractivity contribution in [1.82, 2.24) is 0 Å². The molecule has 0 saturated heterocycles. The van der Waals surface area contributed by atoms with Crippen molar-refractivity contribution < 1.29 is 39.6 Å². The van der Waals surface area contributed by atoms with E-state index in [0.717, 1.165) is 0 Å². The Balaban J connectivity index is 0. The number of carbonyl (C=O) groups is 4. The maximum absolute atomic E-state index is 9.99. The highest BCUT2D eigenvalue weighted by atomic mass is 16.4. The lowest BCUT2D eigenvalue weighted by Crippen LogP contribution is -2.30. The molecule has 19 heavy (non-hydrogen) atoms. The Labute approximate surface area is 108 Å². The lowest BCUT2D eigenvalue weighted by molar-refractivity contribution is -0.140. The topological polar surface area (TPSA) is 175 Å². The van der Waals surface area contributed by atoms with Crippen LogP contribution >= 0.6 is 0 Å². The van der Waals surface area contributed by atoms with Gasteiger partial charge in [-0.15, -0.1) is 0 Å². The average Bonchev–Trinajstić information content (AvgIpc) is 2.25. The molecule has 0 radical (unpaired) electrons. The van der Waals surface area contributed by atoms with Gasteiger partial charge in [0, 0.05) is 12.0 Å². The first-order valence-corrected chi connectivity index (χ1v) is 4.91. The Bertz CT molecular complexity index is 376. The van der Waals surface area contributed by atoms with Gasteiger partial charge in [0.2, 0.25) is 0 Å². The van der Waals surface area contributed by atoms with E-state index < -0.39 is 36.3 Å². The Hall–Kier alpha value is -2.42. The summed E-state index contributed by atoms with van der Waals surface area (Å²) in [4.78, 5) is 39.5. The minimum absolute atomic E-state index is 0.0231. The zero-order chi connectivity index (χ0) is 15.6. The predicted molar refractivity (Wildman–Crippen MR) is 61.5 cm³/mol. The number of rotatable bonds is 7. The highest BCUT2D eigenvalue weighted by Crippen LogP contribution is 1.95. The van der Waals surface area contributed by atoms with Gasteiger partial charge >= 0.3 is 23.9 Å². The lowest BCUT2D eigenvalue weighted by atomic mass is 10.2. The fourth-order valence-electron chi connectivity index (χ4n) is 0.661. The highest BCUT2D eigenvalue weighted by Gasteiger charge is 2.12. The van der Waals surface area contributed by atoms with E-state index >= 15 is 0 Å². The van der Waals surface area contributed by atoms with E-state index in [1.165, 1.54) is 0 Å². The van der Waals surface area contributed by atoms with Crippen LogP contribution in [0.1, 0.15) is 19.3 Å². The second-order valence-corrected chi connectivity index (χ2v) is 3.36. The van der Waals surface area contributed by atoms with Crippen LogP contribution in [0.4, 0.5) is 0 Å². The first kappa shape index (κ1) is 18.9. The molecule has 1 atom stereocenters. The van der Waals surface area contributed by atoms with Crippen molar-refractivity contribution in [3.8, 4) is 0 Å². The molecule has 108 valence electrons. The maximum Gasteiger partial charge on any atom is 0.331 e. The zero-order valence-corrected chi connectivity index (χ0v) is 9.90. The van der Waals surface area contributed by atoms with Crippen LogP contribution in [0.2, 0.25) is 0 Å². The number of nitrogens with two attached hydrogens (primary N) is 1. The van der Waals surface area contributed by atoms with Crippen LogP contribution in [-0.4, -0.2) is 50.3 Å². The molecular formula is C10H15NO8. The lowest BCUT2D eigenvalue weighted by Gasteiger charge is -2.01. The number of aliphatic carboxylic acids is 4. The van der Waals surface area contributed by atoms with E-state index in [2.05, 4.69) is 6.58 Å². The van der Waals surface area contributed by atoms with Crippen molar-refractivity contribution in [2.45, 2.75) is 25.3 Å². The molecule has 6 N–H and O–H groups in total. The number of carboxylic acids is 4. The van der Waals surface area contributed by atoms with Crippen molar-refractivity contribution in [3.05, 3.63) is 12.2 Å². The minimum Gasteiger partial charge on any atom is -0.481 e. The van der Waals surface area contributed by atoms with E-state index in [1.807, 2.05) is 0 Å². The normalized spacial score (nSPS) is 10.6. The minimum atomic E-state index is -1.27. The Morgan fingerprint density at radius 2 is 1.47 bits per heavy atom. The summed E-state index contributed by atoms with van der Waals surface area (Å²) in [5, 5.41) is 32.3. The Morgan fingerprint density at radius 1 is 1.00 bits per heavy atom. The van der Waals surface area contributed by atoms with Crippen LogP contribution in [0, 0.1) is 0 Å². The van der Waals surface area contributed by atoms with Gasteiger partial charge in [0.1, 0.15) is 6.04 Å². The summed E-state index contributed by atoms with van der Waals surface area (Å²) in [5.41, 5.74) is 4.70. The third kappa shape index (κ3) is 13.5. The van der Waals surface area contributed by atoms with Gasteiger partial charge in [-0.3, -0.25) is 14.4 Å². The van der Waals surface area contributed by atoms with E-state index in [4.69, 9.17) is 26.2 Å². The van der Waals surface area contributed by atoms with Gasteiger partial charge in [0.05, 0.1) is 6.42 Å². The number of carboxylic acid groups (broad SMARTS) is 4. The van der Waals surface area contributed by atoms with Crippen LogP contribution in [0.15, 0.2) is 12.2 Å². The van der Waals surface area contributed by atoms with Crippen molar-refractivity contribution in [2.75, 3.05) is 0 Å². The molecule has 0 aliphatic carbocycles. The van der Waals surface area contributed by atoms with Crippen molar-refractivity contribution in [3.63, 3.8) is 0 Å². The third-order valence-corrected chi connectivity index (χ3v) is 1.65. The molecular weight excluding hydrogens is 262 g/mol. The summed E-state index contributed by atoms with van der Waals surface area (Å²) >= 11 is 0. The van der Waals surface area contributed by atoms with Gasteiger partial charge in [-0.1, -0.05) is 6.58 Å². The molecule has 9 heteroatoms. The van der Waals surface area contributed by atoms with Crippen molar-refractivity contribution in [1.29, 1.82) is 0 Å². The van der Waals surface area contributed by atoms with Crippen LogP contribution in [0.5, 0.6) is 0 Å². The fourth-order valence-corrected chi connectivity index (χ4v) is 0.661. The van der Waals surface area contributed by atoms with Gasteiger partial charge < -0.3 is 26.2 Å². The van der Waals surface area contributed by atoms with Gasteiger partial charge in [0.15, 0.2) is 0 Å². The molecule has 0 aromatic rings. The number of hydrogen-bond acceptors (Lipinski definition) is 5. The summed E-state index contributed by atoms with van der Waals surface area (Å²) in [6, 6.07) is -1.06. The molecule has 9 nitrogen and oxygen atoms in total. The molecule has 0 aliphatic rings. The van der Waals surface area contributed by atoms with Gasteiger partial charge in [-0.2, -0.15) is 0 Å². The van der Waals surface area contributed by atoms with E-state index in [-0.39, 0.29) is 18.4 Å². The summed E-state index contributed by atoms with van der Waals surface area (Å²) in [7, 11) is 0. The molecule has 0 saturated carbocycles. The summed E-state index contributed by atoms with van der Waals surface area (Å²) in [6.07, 6.45) is -0.729. The molecule has 0 amide bonds. The predicted octanol–water partition coefficient (Wildman–Crippen LogP) is -0.635. The van der Waals surface area contributed by atoms with Crippen LogP contribution in [-0.2, 0) is 19.2 Å². The highest BCUT2D eigenvalue weighted by molar-refractivity contribution is 5.91. The third-order valence-electron chi connectivity index (χ3n) is 1.65. The molecule has 0 bridgehead atoms. The molecule has 0 rings (SSSR count). The first-order chi connectivity index (χ1) is 8.57. The molecule has 0 heterocycles. The SMILES string of the molecule is C=C(CC(=O)O)C(=O)O.NC(CCC(=O)O)C(=O)O. The smallest absolute Gasteiger partial charge is 0.331 e. The number of hydrogen-bond donors (Lipinski definition) is 5. The standard InChI is InChI=1S/C5H9NO4.C5H6O4/c6-3(5(9)10)1-2-4(7)8;1-3(5(8)9)2-4(6)7/h3H,1-2,6H2,(H,7,8)(H,9,10);1-2H2,(H,6,7)(H,8,9). The van der Waals surface area contributed by atoms with Crippen molar-refractivity contribution >= 4 is 23.9 Å². The first-order valence-electron chi connectivity index (χ1n) is 4.91. The summed E-state index contributed by atoms with van der Waals surface area (Å²) in [5.74, 6) is -4.64. The van der Waals surface area contributed by atoms with Crippen LogP contribution in [0.25, 0.3) is 0 Å². The van der Waals surface area contributed by atoms with Crippen LogP contribution < -0.4 is 5.73 Å².